The molecule has 17 heavy (non-hydrogen) atoms. The lowest BCUT2D eigenvalue weighted by atomic mass is 10.00. The van der Waals surface area contributed by atoms with Crippen molar-refractivity contribution < 1.29 is 14.6 Å². The van der Waals surface area contributed by atoms with Gasteiger partial charge in [0.25, 0.3) is 0 Å². The van der Waals surface area contributed by atoms with Gasteiger partial charge in [0.15, 0.2) is 0 Å². The zero-order chi connectivity index (χ0) is 12.8. The summed E-state index contributed by atoms with van der Waals surface area (Å²) >= 11 is 0. The van der Waals surface area contributed by atoms with Crippen LogP contribution in [-0.2, 0) is 0 Å². The molecule has 2 atom stereocenters. The Kier molecular flexibility index (Phi) is 5.25. The highest BCUT2D eigenvalue weighted by Crippen LogP contribution is 2.19. The summed E-state index contributed by atoms with van der Waals surface area (Å²) in [6, 6.07) is 7.03. The topological polar surface area (TPSA) is 64.7 Å². The van der Waals surface area contributed by atoms with Gasteiger partial charge in [-0.3, -0.25) is 0 Å². The molecule has 0 saturated carbocycles. The summed E-state index contributed by atoms with van der Waals surface area (Å²) < 4.78 is 10.7. The first-order valence-electron chi connectivity index (χ1n) is 5.75. The fourth-order valence-corrected chi connectivity index (χ4v) is 1.50. The number of hydrogen-bond acceptors (Lipinski definition) is 4. The van der Waals surface area contributed by atoms with E-state index >= 15 is 0 Å². The highest BCUT2D eigenvalue weighted by Gasteiger charge is 2.21. The molecular formula is C13H21NO3. The molecule has 0 aliphatic rings. The molecule has 2 unspecified atom stereocenters. The maximum absolute atomic E-state index is 9.28. The van der Waals surface area contributed by atoms with Crippen molar-refractivity contribution in [1.29, 1.82) is 0 Å². The maximum Gasteiger partial charge on any atom is 0.137 e. The summed E-state index contributed by atoms with van der Waals surface area (Å²) in [5, 5.41) is 9.28. The molecule has 4 nitrogen and oxygen atoms in total. The molecule has 0 aliphatic carbocycles. The SMILES string of the molecule is COc1ccc(OC(CO)C(N)C(C)C)cc1. The van der Waals surface area contributed by atoms with Crippen molar-refractivity contribution in [3.8, 4) is 11.5 Å². The van der Waals surface area contributed by atoms with Crippen LogP contribution in [0.3, 0.4) is 0 Å². The predicted molar refractivity (Wildman–Crippen MR) is 67.3 cm³/mol. The molecule has 4 heteroatoms. The molecule has 1 rings (SSSR count). The molecule has 0 spiro atoms. The minimum Gasteiger partial charge on any atom is -0.497 e. The van der Waals surface area contributed by atoms with Crippen molar-refractivity contribution in [3.63, 3.8) is 0 Å². The molecule has 0 heterocycles. The number of methoxy groups -OCH3 is 1. The number of ether oxygens (including phenoxy) is 2. The lowest BCUT2D eigenvalue weighted by Gasteiger charge is -2.26. The minimum atomic E-state index is -0.386. The highest BCUT2D eigenvalue weighted by atomic mass is 16.5. The van der Waals surface area contributed by atoms with Crippen molar-refractivity contribution in [2.45, 2.75) is 26.0 Å². The van der Waals surface area contributed by atoms with Gasteiger partial charge in [0.2, 0.25) is 0 Å². The fourth-order valence-electron chi connectivity index (χ4n) is 1.50. The Morgan fingerprint density at radius 1 is 1.18 bits per heavy atom. The van der Waals surface area contributed by atoms with Crippen LogP contribution in [0, 0.1) is 5.92 Å². The van der Waals surface area contributed by atoms with Crippen LogP contribution in [0.15, 0.2) is 24.3 Å². The van der Waals surface area contributed by atoms with Gasteiger partial charge in [-0.25, -0.2) is 0 Å². The highest BCUT2D eigenvalue weighted by molar-refractivity contribution is 5.31. The minimum absolute atomic E-state index is 0.0919. The Bertz CT molecular complexity index is 324. The molecule has 96 valence electrons. The summed E-state index contributed by atoms with van der Waals surface area (Å²) in [6.07, 6.45) is -0.386. The zero-order valence-corrected chi connectivity index (χ0v) is 10.6. The lowest BCUT2D eigenvalue weighted by molar-refractivity contribution is 0.0810. The van der Waals surface area contributed by atoms with Gasteiger partial charge in [-0.2, -0.15) is 0 Å². The summed E-state index contributed by atoms with van der Waals surface area (Å²) in [6.45, 7) is 3.92. The smallest absolute Gasteiger partial charge is 0.137 e. The van der Waals surface area contributed by atoms with E-state index in [4.69, 9.17) is 15.2 Å². The van der Waals surface area contributed by atoms with Crippen molar-refractivity contribution in [2.75, 3.05) is 13.7 Å². The van der Waals surface area contributed by atoms with Gasteiger partial charge >= 0.3 is 0 Å². The second kappa shape index (κ2) is 6.47. The first kappa shape index (κ1) is 13.8. The molecule has 0 fully saturated rings. The molecule has 0 radical (unpaired) electrons. The Labute approximate surface area is 102 Å². The van der Waals surface area contributed by atoms with E-state index in [9.17, 15) is 5.11 Å². The van der Waals surface area contributed by atoms with Crippen LogP contribution in [0.25, 0.3) is 0 Å². The van der Waals surface area contributed by atoms with E-state index in [0.717, 1.165) is 5.75 Å². The summed E-state index contributed by atoms with van der Waals surface area (Å²) in [5.74, 6) is 1.71. The third-order valence-electron chi connectivity index (χ3n) is 2.73. The standard InChI is InChI=1S/C13H21NO3/c1-9(2)13(14)12(8-15)17-11-6-4-10(16-3)5-7-11/h4-7,9,12-13,15H,8,14H2,1-3H3. The van der Waals surface area contributed by atoms with Crippen LogP contribution < -0.4 is 15.2 Å². The number of rotatable bonds is 6. The van der Waals surface area contributed by atoms with Crippen molar-refractivity contribution in [3.05, 3.63) is 24.3 Å². The van der Waals surface area contributed by atoms with Crippen molar-refractivity contribution in [2.24, 2.45) is 11.7 Å². The van der Waals surface area contributed by atoms with Crippen LogP contribution in [0.1, 0.15) is 13.8 Å². The van der Waals surface area contributed by atoms with Crippen LogP contribution in [-0.4, -0.2) is 31.0 Å². The van der Waals surface area contributed by atoms with E-state index in [2.05, 4.69) is 0 Å². The van der Waals surface area contributed by atoms with E-state index in [1.54, 1.807) is 19.2 Å². The van der Waals surface area contributed by atoms with Crippen molar-refractivity contribution >= 4 is 0 Å². The molecule has 1 aromatic rings. The molecular weight excluding hydrogens is 218 g/mol. The van der Waals surface area contributed by atoms with Crippen LogP contribution >= 0.6 is 0 Å². The quantitative estimate of drug-likeness (QED) is 0.788. The van der Waals surface area contributed by atoms with Gasteiger partial charge in [0.05, 0.1) is 13.7 Å². The Hall–Kier alpha value is -1.26. The third kappa shape index (κ3) is 3.91. The molecule has 1 aromatic carbocycles. The van der Waals surface area contributed by atoms with Crippen LogP contribution in [0.2, 0.25) is 0 Å². The van der Waals surface area contributed by atoms with E-state index < -0.39 is 0 Å². The molecule has 0 bridgehead atoms. The molecule has 0 aliphatic heterocycles. The van der Waals surface area contributed by atoms with Gasteiger partial charge in [-0.05, 0) is 30.2 Å². The number of hydrogen-bond donors (Lipinski definition) is 2. The number of nitrogens with two attached hydrogens (primary N) is 1. The van der Waals surface area contributed by atoms with Gasteiger partial charge in [-0.1, -0.05) is 13.8 Å². The second-order valence-corrected chi connectivity index (χ2v) is 4.34. The van der Waals surface area contributed by atoms with Crippen LogP contribution in [0.5, 0.6) is 11.5 Å². The summed E-state index contributed by atoms with van der Waals surface area (Å²) in [7, 11) is 1.61. The van der Waals surface area contributed by atoms with Crippen LogP contribution in [0.4, 0.5) is 0 Å². The van der Waals surface area contributed by atoms with E-state index in [-0.39, 0.29) is 24.7 Å². The molecule has 0 saturated heterocycles. The van der Waals surface area contributed by atoms with E-state index in [1.807, 2.05) is 26.0 Å². The number of aliphatic hydroxyl groups excluding tert-OH is 1. The Morgan fingerprint density at radius 2 is 1.71 bits per heavy atom. The van der Waals surface area contributed by atoms with E-state index in [0.29, 0.717) is 5.75 Å². The Morgan fingerprint density at radius 3 is 2.12 bits per heavy atom. The van der Waals surface area contributed by atoms with Gasteiger partial charge in [0, 0.05) is 6.04 Å². The third-order valence-corrected chi connectivity index (χ3v) is 2.73. The molecule has 0 aromatic heterocycles. The van der Waals surface area contributed by atoms with Crippen molar-refractivity contribution in [1.82, 2.24) is 0 Å². The summed E-state index contributed by atoms with van der Waals surface area (Å²) in [4.78, 5) is 0. The first-order chi connectivity index (χ1) is 8.08. The van der Waals surface area contributed by atoms with Gasteiger partial charge < -0.3 is 20.3 Å². The zero-order valence-electron chi connectivity index (χ0n) is 10.6. The average molecular weight is 239 g/mol. The molecule has 3 N–H and O–H groups in total. The second-order valence-electron chi connectivity index (χ2n) is 4.34. The molecule has 0 amide bonds. The lowest BCUT2D eigenvalue weighted by Crippen LogP contribution is -2.45. The number of benzene rings is 1. The normalized spacial score (nSPS) is 14.5. The Balaban J connectivity index is 2.66. The predicted octanol–water partition coefficient (Wildman–Crippen LogP) is 1.42. The van der Waals surface area contributed by atoms with Gasteiger partial charge in [0.1, 0.15) is 17.6 Å². The summed E-state index contributed by atoms with van der Waals surface area (Å²) in [5.41, 5.74) is 5.97. The first-order valence-corrected chi connectivity index (χ1v) is 5.75. The number of aliphatic hydroxyl groups is 1. The fraction of sp³-hybridized carbons (Fsp3) is 0.538. The maximum atomic E-state index is 9.28. The van der Waals surface area contributed by atoms with Gasteiger partial charge in [-0.15, -0.1) is 0 Å². The average Bonchev–Trinajstić information content (AvgIpc) is 2.35. The largest absolute Gasteiger partial charge is 0.497 e. The van der Waals surface area contributed by atoms with E-state index in [1.165, 1.54) is 0 Å². The monoisotopic (exact) mass is 239 g/mol.